The fourth-order valence-corrected chi connectivity index (χ4v) is 3.26. The highest BCUT2D eigenvalue weighted by molar-refractivity contribution is 5.76. The second kappa shape index (κ2) is 6.53. The SMILES string of the molecule is C[C@@H]1CN(C(=O)CCn2ccnn2)C[C@@H]1N1CCOCC1. The number of likely N-dealkylation sites (tertiary alicyclic amines) is 1. The lowest BCUT2D eigenvalue weighted by atomic mass is 10.0. The van der Waals surface area contributed by atoms with Gasteiger partial charge in [0.2, 0.25) is 5.91 Å². The summed E-state index contributed by atoms with van der Waals surface area (Å²) in [6.07, 6.45) is 3.92. The van der Waals surface area contributed by atoms with Crippen LogP contribution in [0.3, 0.4) is 0 Å². The van der Waals surface area contributed by atoms with Crippen LogP contribution in [0.5, 0.6) is 0 Å². The molecule has 2 fully saturated rings. The number of amides is 1. The third-order valence-corrected chi connectivity index (χ3v) is 4.47. The summed E-state index contributed by atoms with van der Waals surface area (Å²) in [7, 11) is 0. The lowest BCUT2D eigenvalue weighted by molar-refractivity contribution is -0.130. The van der Waals surface area contributed by atoms with Crippen molar-refractivity contribution >= 4 is 5.91 Å². The molecule has 2 saturated heterocycles. The number of morpholine rings is 1. The number of ether oxygens (including phenoxy) is 1. The number of carbonyl (C=O) groups is 1. The number of aromatic nitrogens is 3. The molecule has 1 aromatic heterocycles. The Balaban J connectivity index is 1.51. The minimum atomic E-state index is 0.216. The molecular formula is C14H23N5O2. The van der Waals surface area contributed by atoms with E-state index in [1.807, 2.05) is 4.90 Å². The molecule has 1 aromatic rings. The van der Waals surface area contributed by atoms with Gasteiger partial charge in [-0.3, -0.25) is 14.4 Å². The second-order valence-corrected chi connectivity index (χ2v) is 5.91. The number of aryl methyl sites for hydroxylation is 1. The Hall–Kier alpha value is -1.47. The highest BCUT2D eigenvalue weighted by Gasteiger charge is 2.36. The standard InChI is InChI=1S/C14H23N5O2/c1-12-10-18(11-13(12)17-6-8-21-9-7-17)14(20)2-4-19-5-3-15-16-19/h3,5,12-13H,2,4,6-11H2,1H3/t12-,13+/m1/s1. The number of hydrogen-bond acceptors (Lipinski definition) is 5. The number of carbonyl (C=O) groups excluding carboxylic acids is 1. The maximum atomic E-state index is 12.3. The molecule has 0 aromatic carbocycles. The molecule has 1 amide bonds. The zero-order valence-electron chi connectivity index (χ0n) is 12.5. The third-order valence-electron chi connectivity index (χ3n) is 4.47. The monoisotopic (exact) mass is 293 g/mol. The second-order valence-electron chi connectivity index (χ2n) is 5.91. The molecule has 3 rings (SSSR count). The van der Waals surface area contributed by atoms with Crippen molar-refractivity contribution in [3.63, 3.8) is 0 Å². The minimum absolute atomic E-state index is 0.216. The predicted octanol–water partition coefficient (Wildman–Crippen LogP) is -0.153. The van der Waals surface area contributed by atoms with Crippen LogP contribution >= 0.6 is 0 Å². The van der Waals surface area contributed by atoms with Crippen molar-refractivity contribution in [2.45, 2.75) is 25.9 Å². The van der Waals surface area contributed by atoms with Crippen LogP contribution in [0.4, 0.5) is 0 Å². The van der Waals surface area contributed by atoms with E-state index < -0.39 is 0 Å². The molecule has 21 heavy (non-hydrogen) atoms. The minimum Gasteiger partial charge on any atom is -0.379 e. The molecule has 0 spiro atoms. The molecule has 2 aliphatic rings. The topological polar surface area (TPSA) is 63.5 Å². The summed E-state index contributed by atoms with van der Waals surface area (Å²) in [4.78, 5) is 16.8. The van der Waals surface area contributed by atoms with Crippen molar-refractivity contribution in [3.8, 4) is 0 Å². The maximum absolute atomic E-state index is 12.3. The largest absolute Gasteiger partial charge is 0.379 e. The maximum Gasteiger partial charge on any atom is 0.224 e. The van der Waals surface area contributed by atoms with Gasteiger partial charge in [-0.05, 0) is 5.92 Å². The third kappa shape index (κ3) is 3.41. The van der Waals surface area contributed by atoms with E-state index >= 15 is 0 Å². The number of nitrogens with zero attached hydrogens (tertiary/aromatic N) is 5. The van der Waals surface area contributed by atoms with Crippen molar-refractivity contribution in [3.05, 3.63) is 12.4 Å². The van der Waals surface area contributed by atoms with E-state index in [9.17, 15) is 4.79 Å². The lowest BCUT2D eigenvalue weighted by Gasteiger charge is -2.34. The fourth-order valence-electron chi connectivity index (χ4n) is 3.26. The zero-order valence-corrected chi connectivity index (χ0v) is 12.5. The Kier molecular flexibility index (Phi) is 4.50. The van der Waals surface area contributed by atoms with Crippen molar-refractivity contribution < 1.29 is 9.53 Å². The molecule has 7 heteroatoms. The Morgan fingerprint density at radius 1 is 1.33 bits per heavy atom. The Morgan fingerprint density at radius 3 is 2.86 bits per heavy atom. The highest BCUT2D eigenvalue weighted by atomic mass is 16.5. The first-order valence-electron chi connectivity index (χ1n) is 7.67. The average molecular weight is 293 g/mol. The van der Waals surface area contributed by atoms with E-state index in [2.05, 4.69) is 22.1 Å². The molecule has 0 saturated carbocycles. The van der Waals surface area contributed by atoms with Crippen LogP contribution in [0.1, 0.15) is 13.3 Å². The summed E-state index contributed by atoms with van der Waals surface area (Å²) in [5.41, 5.74) is 0. The first-order chi connectivity index (χ1) is 10.2. The van der Waals surface area contributed by atoms with Crippen molar-refractivity contribution in [1.82, 2.24) is 24.8 Å². The van der Waals surface area contributed by atoms with Crippen LogP contribution in [-0.4, -0.2) is 76.1 Å². The van der Waals surface area contributed by atoms with Crippen LogP contribution in [0.25, 0.3) is 0 Å². The van der Waals surface area contributed by atoms with Gasteiger partial charge in [0.1, 0.15) is 0 Å². The summed E-state index contributed by atoms with van der Waals surface area (Å²) >= 11 is 0. The molecule has 0 unspecified atom stereocenters. The van der Waals surface area contributed by atoms with Crippen LogP contribution in [0.15, 0.2) is 12.4 Å². The van der Waals surface area contributed by atoms with Crippen molar-refractivity contribution in [1.29, 1.82) is 0 Å². The Morgan fingerprint density at radius 2 is 2.14 bits per heavy atom. The average Bonchev–Trinajstić information content (AvgIpc) is 3.15. The van der Waals surface area contributed by atoms with E-state index in [0.717, 1.165) is 39.4 Å². The van der Waals surface area contributed by atoms with Crippen molar-refractivity contribution in [2.24, 2.45) is 5.92 Å². The molecule has 116 valence electrons. The van der Waals surface area contributed by atoms with Gasteiger partial charge in [0.15, 0.2) is 0 Å². The van der Waals surface area contributed by atoms with Gasteiger partial charge in [-0.2, -0.15) is 0 Å². The fraction of sp³-hybridized carbons (Fsp3) is 0.786. The van der Waals surface area contributed by atoms with E-state index in [4.69, 9.17) is 4.74 Å². The zero-order chi connectivity index (χ0) is 14.7. The molecule has 2 aliphatic heterocycles. The summed E-state index contributed by atoms with van der Waals surface area (Å²) in [5.74, 6) is 0.742. The van der Waals surface area contributed by atoms with Gasteiger partial charge >= 0.3 is 0 Å². The Labute approximate surface area is 124 Å². The molecular weight excluding hydrogens is 270 g/mol. The van der Waals surface area contributed by atoms with E-state index in [0.29, 0.717) is 24.9 Å². The molecule has 0 radical (unpaired) electrons. The van der Waals surface area contributed by atoms with Gasteiger partial charge in [-0.15, -0.1) is 5.10 Å². The molecule has 3 heterocycles. The first-order valence-corrected chi connectivity index (χ1v) is 7.67. The van der Waals surface area contributed by atoms with Gasteiger partial charge in [-0.1, -0.05) is 12.1 Å². The molecule has 2 atom stereocenters. The molecule has 0 bridgehead atoms. The molecule has 0 aliphatic carbocycles. The van der Waals surface area contributed by atoms with Crippen LogP contribution in [0, 0.1) is 5.92 Å². The highest BCUT2D eigenvalue weighted by Crippen LogP contribution is 2.23. The normalized spacial score (nSPS) is 27.2. The van der Waals surface area contributed by atoms with Crippen LogP contribution in [0.2, 0.25) is 0 Å². The smallest absolute Gasteiger partial charge is 0.224 e. The predicted molar refractivity (Wildman–Crippen MR) is 76.6 cm³/mol. The van der Waals surface area contributed by atoms with Crippen LogP contribution < -0.4 is 0 Å². The van der Waals surface area contributed by atoms with Gasteiger partial charge in [0.25, 0.3) is 0 Å². The summed E-state index contributed by atoms with van der Waals surface area (Å²) in [6, 6.07) is 0.476. The van der Waals surface area contributed by atoms with Crippen LogP contribution in [-0.2, 0) is 16.1 Å². The summed E-state index contributed by atoms with van der Waals surface area (Å²) in [5, 5.41) is 7.64. The summed E-state index contributed by atoms with van der Waals surface area (Å²) < 4.78 is 7.12. The summed E-state index contributed by atoms with van der Waals surface area (Å²) in [6.45, 7) is 8.13. The Bertz CT molecular complexity index is 458. The van der Waals surface area contributed by atoms with Gasteiger partial charge in [0.05, 0.1) is 26.0 Å². The lowest BCUT2D eigenvalue weighted by Crippen LogP contribution is -2.47. The first kappa shape index (κ1) is 14.5. The van der Waals surface area contributed by atoms with E-state index in [1.165, 1.54) is 0 Å². The molecule has 0 N–H and O–H groups in total. The van der Waals surface area contributed by atoms with E-state index in [-0.39, 0.29) is 5.91 Å². The number of hydrogen-bond donors (Lipinski definition) is 0. The molecule has 7 nitrogen and oxygen atoms in total. The van der Waals surface area contributed by atoms with E-state index in [1.54, 1.807) is 17.1 Å². The van der Waals surface area contributed by atoms with Gasteiger partial charge < -0.3 is 9.64 Å². The number of rotatable bonds is 4. The van der Waals surface area contributed by atoms with Crippen molar-refractivity contribution in [2.75, 3.05) is 39.4 Å². The van der Waals surface area contributed by atoms with Gasteiger partial charge in [0, 0.05) is 44.8 Å². The van der Waals surface area contributed by atoms with Gasteiger partial charge in [-0.25, -0.2) is 0 Å². The quantitative estimate of drug-likeness (QED) is 0.772.